The average molecular weight is 243 g/mol. The molecular weight excluding hydrogens is 226 g/mol. The van der Waals surface area contributed by atoms with E-state index >= 15 is 0 Å². The summed E-state index contributed by atoms with van der Waals surface area (Å²) in [5, 5.41) is 8.79. The Morgan fingerprint density at radius 3 is 2.39 bits per heavy atom. The van der Waals surface area contributed by atoms with E-state index in [-0.39, 0.29) is 5.91 Å². The number of nitrogens with zero attached hydrogens (tertiary/aromatic N) is 3. The summed E-state index contributed by atoms with van der Waals surface area (Å²) in [7, 11) is 1.83. The molecule has 0 unspecified atom stereocenters. The fourth-order valence-corrected chi connectivity index (χ4v) is 2.38. The SMILES string of the molecule is CN1CCN(c2ccc(C#N)cc2)C(C)(C)C1=O. The van der Waals surface area contributed by atoms with Gasteiger partial charge in [0, 0.05) is 25.8 Å². The summed E-state index contributed by atoms with van der Waals surface area (Å²) in [5.41, 5.74) is 1.08. The quantitative estimate of drug-likeness (QED) is 0.753. The largest absolute Gasteiger partial charge is 0.356 e. The molecule has 0 aliphatic carbocycles. The van der Waals surface area contributed by atoms with Gasteiger partial charge in [0.1, 0.15) is 5.54 Å². The Kier molecular flexibility index (Phi) is 3.00. The Balaban J connectivity index is 2.32. The summed E-state index contributed by atoms with van der Waals surface area (Å²) in [6.45, 7) is 5.40. The molecule has 1 aliphatic rings. The summed E-state index contributed by atoms with van der Waals surface area (Å²) in [6.07, 6.45) is 0. The molecule has 18 heavy (non-hydrogen) atoms. The maximum Gasteiger partial charge on any atom is 0.247 e. The molecular formula is C14H17N3O. The highest BCUT2D eigenvalue weighted by Gasteiger charge is 2.40. The number of benzene rings is 1. The zero-order chi connectivity index (χ0) is 13.3. The first-order chi connectivity index (χ1) is 8.46. The molecule has 0 aromatic heterocycles. The molecule has 4 nitrogen and oxygen atoms in total. The van der Waals surface area contributed by atoms with Crippen molar-refractivity contribution < 1.29 is 4.79 Å². The van der Waals surface area contributed by atoms with Gasteiger partial charge in [0.15, 0.2) is 0 Å². The van der Waals surface area contributed by atoms with E-state index in [1.165, 1.54) is 0 Å². The molecule has 1 heterocycles. The maximum absolute atomic E-state index is 12.2. The number of hydrogen-bond donors (Lipinski definition) is 0. The number of nitriles is 1. The number of carbonyl (C=O) groups is 1. The van der Waals surface area contributed by atoms with Gasteiger partial charge in [-0.2, -0.15) is 5.26 Å². The van der Waals surface area contributed by atoms with Gasteiger partial charge in [-0.15, -0.1) is 0 Å². The lowest BCUT2D eigenvalue weighted by Crippen LogP contribution is -2.62. The first-order valence-electron chi connectivity index (χ1n) is 6.00. The Hall–Kier alpha value is -2.02. The van der Waals surface area contributed by atoms with Crippen molar-refractivity contribution >= 4 is 11.6 Å². The van der Waals surface area contributed by atoms with Crippen LogP contribution in [0.2, 0.25) is 0 Å². The minimum absolute atomic E-state index is 0.123. The van der Waals surface area contributed by atoms with E-state index in [0.29, 0.717) is 5.56 Å². The number of piperazine rings is 1. The van der Waals surface area contributed by atoms with E-state index in [4.69, 9.17) is 5.26 Å². The van der Waals surface area contributed by atoms with Gasteiger partial charge in [-0.05, 0) is 38.1 Å². The fraction of sp³-hybridized carbons (Fsp3) is 0.429. The predicted octanol–water partition coefficient (Wildman–Crippen LogP) is 1.62. The number of carbonyl (C=O) groups excluding carboxylic acids is 1. The topological polar surface area (TPSA) is 47.3 Å². The second kappa shape index (κ2) is 4.34. The second-order valence-corrected chi connectivity index (χ2v) is 5.10. The third-order valence-corrected chi connectivity index (χ3v) is 3.51. The first kappa shape index (κ1) is 12.4. The molecule has 2 rings (SSSR count). The van der Waals surface area contributed by atoms with Crippen LogP contribution in [0.25, 0.3) is 0 Å². The third-order valence-electron chi connectivity index (χ3n) is 3.51. The van der Waals surface area contributed by atoms with Crippen molar-refractivity contribution in [1.29, 1.82) is 5.26 Å². The third kappa shape index (κ3) is 1.92. The number of rotatable bonds is 1. The molecule has 0 saturated carbocycles. The Labute approximate surface area is 107 Å². The molecule has 1 aromatic rings. The first-order valence-corrected chi connectivity index (χ1v) is 6.00. The molecule has 1 saturated heterocycles. The van der Waals surface area contributed by atoms with Crippen molar-refractivity contribution in [3.8, 4) is 6.07 Å². The van der Waals surface area contributed by atoms with Crippen molar-refractivity contribution in [2.45, 2.75) is 19.4 Å². The Morgan fingerprint density at radius 1 is 1.22 bits per heavy atom. The van der Waals surface area contributed by atoms with Crippen LogP contribution >= 0.6 is 0 Å². The minimum atomic E-state index is -0.541. The zero-order valence-corrected chi connectivity index (χ0v) is 11.0. The van der Waals surface area contributed by atoms with Crippen LogP contribution in [0, 0.1) is 11.3 Å². The molecule has 0 atom stereocenters. The summed E-state index contributed by atoms with van der Waals surface area (Å²) in [5.74, 6) is 0.123. The van der Waals surface area contributed by atoms with E-state index in [9.17, 15) is 4.79 Å². The second-order valence-electron chi connectivity index (χ2n) is 5.10. The molecule has 1 fully saturated rings. The van der Waals surface area contributed by atoms with E-state index in [1.807, 2.05) is 33.0 Å². The molecule has 1 aromatic carbocycles. The predicted molar refractivity (Wildman–Crippen MR) is 70.2 cm³/mol. The van der Waals surface area contributed by atoms with E-state index in [0.717, 1.165) is 18.8 Å². The minimum Gasteiger partial charge on any atom is -0.356 e. The number of likely N-dealkylation sites (N-methyl/N-ethyl adjacent to an activating group) is 1. The van der Waals surface area contributed by atoms with Crippen molar-refractivity contribution in [3.63, 3.8) is 0 Å². The lowest BCUT2D eigenvalue weighted by molar-refractivity contribution is -0.136. The number of hydrogen-bond acceptors (Lipinski definition) is 3. The smallest absolute Gasteiger partial charge is 0.247 e. The standard InChI is InChI=1S/C14H17N3O/c1-14(2)13(18)16(3)8-9-17(14)12-6-4-11(10-15)5-7-12/h4-7H,8-9H2,1-3H3. The summed E-state index contributed by atoms with van der Waals surface area (Å²) < 4.78 is 0. The highest BCUT2D eigenvalue weighted by Crippen LogP contribution is 2.28. The van der Waals surface area contributed by atoms with Crippen molar-refractivity contribution in [2.24, 2.45) is 0 Å². The van der Waals surface area contributed by atoms with Crippen molar-refractivity contribution in [3.05, 3.63) is 29.8 Å². The lowest BCUT2D eigenvalue weighted by Gasteiger charge is -2.46. The van der Waals surface area contributed by atoms with Crippen LogP contribution in [0.3, 0.4) is 0 Å². The van der Waals surface area contributed by atoms with Crippen LogP contribution in [0.1, 0.15) is 19.4 Å². The highest BCUT2D eigenvalue weighted by atomic mass is 16.2. The van der Waals surface area contributed by atoms with Crippen LogP contribution in [-0.2, 0) is 4.79 Å². The van der Waals surface area contributed by atoms with Crippen molar-refractivity contribution in [2.75, 3.05) is 25.0 Å². The number of anilines is 1. The van der Waals surface area contributed by atoms with Gasteiger partial charge in [0.2, 0.25) is 5.91 Å². The van der Waals surface area contributed by atoms with E-state index in [1.54, 1.807) is 17.0 Å². The summed E-state index contributed by atoms with van der Waals surface area (Å²) in [4.78, 5) is 16.0. The Morgan fingerprint density at radius 2 is 1.83 bits per heavy atom. The monoisotopic (exact) mass is 243 g/mol. The van der Waals surface area contributed by atoms with Gasteiger partial charge < -0.3 is 9.80 Å². The molecule has 1 aliphatic heterocycles. The van der Waals surface area contributed by atoms with Gasteiger partial charge in [-0.1, -0.05) is 0 Å². The highest BCUT2D eigenvalue weighted by molar-refractivity contribution is 5.90. The van der Waals surface area contributed by atoms with Crippen LogP contribution in [-0.4, -0.2) is 36.5 Å². The van der Waals surface area contributed by atoms with Crippen LogP contribution in [0.15, 0.2) is 24.3 Å². The van der Waals surface area contributed by atoms with E-state index in [2.05, 4.69) is 11.0 Å². The average Bonchev–Trinajstić information content (AvgIpc) is 2.36. The van der Waals surface area contributed by atoms with Gasteiger partial charge in [0.25, 0.3) is 0 Å². The maximum atomic E-state index is 12.2. The Bertz CT molecular complexity index is 499. The van der Waals surface area contributed by atoms with Gasteiger partial charge in [-0.25, -0.2) is 0 Å². The summed E-state index contributed by atoms with van der Waals surface area (Å²) >= 11 is 0. The van der Waals surface area contributed by atoms with E-state index < -0.39 is 5.54 Å². The molecule has 4 heteroatoms. The van der Waals surface area contributed by atoms with Crippen molar-refractivity contribution in [1.82, 2.24) is 4.90 Å². The molecule has 94 valence electrons. The van der Waals surface area contributed by atoms with Crippen LogP contribution < -0.4 is 4.90 Å². The summed E-state index contributed by atoms with van der Waals surface area (Å²) in [6, 6.07) is 9.48. The van der Waals surface area contributed by atoms with Gasteiger partial charge >= 0.3 is 0 Å². The van der Waals surface area contributed by atoms with Gasteiger partial charge in [0.05, 0.1) is 11.6 Å². The zero-order valence-electron chi connectivity index (χ0n) is 11.0. The lowest BCUT2D eigenvalue weighted by atomic mass is 9.96. The molecule has 0 radical (unpaired) electrons. The van der Waals surface area contributed by atoms with Crippen LogP contribution in [0.5, 0.6) is 0 Å². The molecule has 1 amide bonds. The normalized spacial score (nSPS) is 18.7. The van der Waals surface area contributed by atoms with Crippen LogP contribution in [0.4, 0.5) is 5.69 Å². The molecule has 0 spiro atoms. The molecule has 0 N–H and O–H groups in total. The molecule has 0 bridgehead atoms. The number of amides is 1. The van der Waals surface area contributed by atoms with Gasteiger partial charge in [-0.3, -0.25) is 4.79 Å². The fourth-order valence-electron chi connectivity index (χ4n) is 2.38.